The van der Waals surface area contributed by atoms with Gasteiger partial charge in [-0.2, -0.15) is 0 Å². The molecule has 1 aliphatic rings. The van der Waals surface area contributed by atoms with Crippen molar-refractivity contribution in [2.75, 3.05) is 0 Å². The summed E-state index contributed by atoms with van der Waals surface area (Å²) in [4.78, 5) is 4.73. The molecule has 0 fully saturated rings. The number of ether oxygens (including phenoxy) is 2. The average Bonchev–Trinajstić information content (AvgIpc) is 3.12. The monoisotopic (exact) mass is 467 g/mol. The highest BCUT2D eigenvalue weighted by atomic mass is 35.5. The Morgan fingerprint density at radius 1 is 1.06 bits per heavy atom. The second-order valence-electron chi connectivity index (χ2n) is 7.66. The van der Waals surface area contributed by atoms with Crippen LogP contribution in [0.2, 0.25) is 5.02 Å². The molecule has 1 unspecified atom stereocenters. The van der Waals surface area contributed by atoms with Crippen LogP contribution < -0.4 is 9.47 Å². The van der Waals surface area contributed by atoms with Gasteiger partial charge in [0.1, 0.15) is 5.75 Å². The van der Waals surface area contributed by atoms with Crippen LogP contribution in [0.5, 0.6) is 11.5 Å². The van der Waals surface area contributed by atoms with Crippen molar-refractivity contribution in [1.82, 2.24) is 0 Å². The molecule has 3 aromatic rings. The third-order valence-electron chi connectivity index (χ3n) is 4.71. The van der Waals surface area contributed by atoms with E-state index in [1.807, 2.05) is 80.6 Å². The molecule has 0 aromatic heterocycles. The Labute approximate surface area is 196 Å². The number of benzene rings is 3. The van der Waals surface area contributed by atoms with Crippen LogP contribution in [-0.2, 0) is 6.42 Å². The molecule has 3 aromatic carbocycles. The van der Waals surface area contributed by atoms with Gasteiger partial charge in [-0.25, -0.2) is 9.38 Å². The quantitative estimate of drug-likeness (QED) is 0.378. The van der Waals surface area contributed by atoms with Gasteiger partial charge in [0, 0.05) is 5.02 Å². The molecule has 164 valence electrons. The fourth-order valence-electron chi connectivity index (χ4n) is 3.26. The summed E-state index contributed by atoms with van der Waals surface area (Å²) in [6.07, 6.45) is 2.54. The molecule has 3 nitrogen and oxygen atoms in total. The number of aliphatic imine (C=N–C) groups is 1. The highest BCUT2D eigenvalue weighted by Gasteiger charge is 2.27. The number of thioether (sulfide) groups is 1. The molecule has 1 atom stereocenters. The van der Waals surface area contributed by atoms with Gasteiger partial charge in [-0.15, -0.1) is 0 Å². The zero-order valence-electron chi connectivity index (χ0n) is 17.8. The molecule has 1 aliphatic heterocycles. The van der Waals surface area contributed by atoms with Crippen LogP contribution in [0.4, 0.5) is 4.39 Å². The maximum Gasteiger partial charge on any atom is 0.256 e. The van der Waals surface area contributed by atoms with Crippen molar-refractivity contribution in [3.8, 4) is 11.5 Å². The highest BCUT2D eigenvalue weighted by Crippen LogP contribution is 2.35. The Hall–Kier alpha value is -2.76. The van der Waals surface area contributed by atoms with Gasteiger partial charge < -0.3 is 9.47 Å². The minimum Gasteiger partial charge on any atom is -0.488 e. The van der Waals surface area contributed by atoms with E-state index in [1.54, 1.807) is 6.07 Å². The van der Waals surface area contributed by atoms with Crippen LogP contribution in [0, 0.1) is 5.82 Å². The van der Waals surface area contributed by atoms with Gasteiger partial charge in [-0.3, -0.25) is 0 Å². The minimum absolute atomic E-state index is 0.0133. The normalized spacial score (nSPS) is 17.0. The first-order valence-corrected chi connectivity index (χ1v) is 11.6. The van der Waals surface area contributed by atoms with Crippen molar-refractivity contribution < 1.29 is 13.9 Å². The van der Waals surface area contributed by atoms with Gasteiger partial charge in [0.05, 0.1) is 17.1 Å². The predicted molar refractivity (Wildman–Crippen MR) is 131 cm³/mol. The summed E-state index contributed by atoms with van der Waals surface area (Å²) in [5.41, 5.74) is 2.73. The van der Waals surface area contributed by atoms with E-state index in [2.05, 4.69) is 0 Å². The molecule has 0 spiro atoms. The molecule has 6 heteroatoms. The molecule has 0 amide bonds. The number of halogens is 2. The fraction of sp³-hybridized carbons (Fsp3) is 0.192. The van der Waals surface area contributed by atoms with E-state index in [-0.39, 0.29) is 22.9 Å². The van der Waals surface area contributed by atoms with E-state index >= 15 is 0 Å². The number of rotatable bonds is 6. The van der Waals surface area contributed by atoms with Gasteiger partial charge in [-0.05, 0) is 73.9 Å². The summed E-state index contributed by atoms with van der Waals surface area (Å²) >= 11 is 7.55. The lowest BCUT2D eigenvalue weighted by atomic mass is 10.1. The molecule has 0 radical (unpaired) electrons. The summed E-state index contributed by atoms with van der Waals surface area (Å²) < 4.78 is 26.0. The Balaban J connectivity index is 1.57. The van der Waals surface area contributed by atoms with E-state index < -0.39 is 0 Å². The Bertz CT molecular complexity index is 1130. The van der Waals surface area contributed by atoms with E-state index in [0.717, 1.165) is 22.6 Å². The standard InChI is InChI=1S/C26H23ClFNO2S/c1-17(2)30-24-13-10-19(14-22(24)28)16-25-23(15-18-8-11-20(27)12-9-18)29-26(32-25)31-21-6-4-3-5-7-21/h3-15,17,25H,16H2,1-2H3/b23-15-. The van der Waals surface area contributed by atoms with Crippen LogP contribution in [0.25, 0.3) is 6.08 Å². The third-order valence-corrected chi connectivity index (χ3v) is 6.03. The van der Waals surface area contributed by atoms with Gasteiger partial charge >= 0.3 is 0 Å². The second kappa shape index (κ2) is 10.2. The smallest absolute Gasteiger partial charge is 0.256 e. The van der Waals surface area contributed by atoms with E-state index in [1.165, 1.54) is 17.8 Å². The minimum atomic E-state index is -0.357. The lowest BCUT2D eigenvalue weighted by molar-refractivity contribution is 0.231. The molecule has 4 rings (SSSR count). The second-order valence-corrected chi connectivity index (χ2v) is 9.25. The van der Waals surface area contributed by atoms with Crippen LogP contribution in [0.3, 0.4) is 0 Å². The summed E-state index contributed by atoms with van der Waals surface area (Å²) in [5.74, 6) is 0.639. The topological polar surface area (TPSA) is 30.8 Å². The maximum atomic E-state index is 14.5. The average molecular weight is 468 g/mol. The molecule has 32 heavy (non-hydrogen) atoms. The molecule has 0 aliphatic carbocycles. The Morgan fingerprint density at radius 2 is 1.81 bits per heavy atom. The molecule has 0 N–H and O–H groups in total. The largest absolute Gasteiger partial charge is 0.488 e. The summed E-state index contributed by atoms with van der Waals surface area (Å²) in [7, 11) is 0. The van der Waals surface area contributed by atoms with Gasteiger partial charge in [0.15, 0.2) is 11.6 Å². The molecular formula is C26H23ClFNO2S. The zero-order valence-corrected chi connectivity index (χ0v) is 19.4. The first-order valence-electron chi connectivity index (χ1n) is 10.4. The first kappa shape index (κ1) is 22.4. The highest BCUT2D eigenvalue weighted by molar-refractivity contribution is 8.14. The fourth-order valence-corrected chi connectivity index (χ4v) is 4.45. The van der Waals surface area contributed by atoms with Crippen molar-refractivity contribution in [3.63, 3.8) is 0 Å². The SMILES string of the molecule is CC(C)Oc1ccc(CC2SC(Oc3ccccc3)=N/C2=C\c2ccc(Cl)cc2)cc1F. The number of nitrogens with zero attached hydrogens (tertiary/aromatic N) is 1. The summed E-state index contributed by atoms with van der Waals surface area (Å²) in [6.45, 7) is 3.75. The molecule has 0 saturated carbocycles. The van der Waals surface area contributed by atoms with Gasteiger partial charge in [0.2, 0.25) is 0 Å². The van der Waals surface area contributed by atoms with Crippen LogP contribution >= 0.6 is 23.4 Å². The van der Waals surface area contributed by atoms with Gasteiger partial charge in [0.25, 0.3) is 5.23 Å². The van der Waals surface area contributed by atoms with Crippen molar-refractivity contribution in [2.45, 2.75) is 31.6 Å². The summed E-state index contributed by atoms with van der Waals surface area (Å²) in [6, 6.07) is 22.3. The van der Waals surface area contributed by atoms with Crippen LogP contribution in [0.15, 0.2) is 83.5 Å². The van der Waals surface area contributed by atoms with E-state index in [9.17, 15) is 4.39 Å². The molecule has 1 heterocycles. The van der Waals surface area contributed by atoms with Crippen molar-refractivity contribution in [2.24, 2.45) is 4.99 Å². The Kier molecular flexibility index (Phi) is 7.18. The molecule has 0 bridgehead atoms. The number of hydrogen-bond acceptors (Lipinski definition) is 4. The predicted octanol–water partition coefficient (Wildman–Crippen LogP) is 7.40. The van der Waals surface area contributed by atoms with Crippen molar-refractivity contribution in [1.29, 1.82) is 0 Å². The van der Waals surface area contributed by atoms with E-state index in [4.69, 9.17) is 26.1 Å². The lowest BCUT2D eigenvalue weighted by Crippen LogP contribution is -2.10. The van der Waals surface area contributed by atoms with Crippen LogP contribution in [-0.4, -0.2) is 16.6 Å². The molecule has 0 saturated heterocycles. The van der Waals surface area contributed by atoms with Crippen molar-refractivity contribution >= 4 is 34.7 Å². The van der Waals surface area contributed by atoms with Crippen molar-refractivity contribution in [3.05, 3.63) is 100 Å². The third kappa shape index (κ3) is 5.93. The number of hydrogen-bond donors (Lipinski definition) is 0. The number of para-hydroxylation sites is 1. The van der Waals surface area contributed by atoms with E-state index in [0.29, 0.717) is 16.7 Å². The molecular weight excluding hydrogens is 445 g/mol. The lowest BCUT2D eigenvalue weighted by Gasteiger charge is -2.14. The maximum absolute atomic E-state index is 14.5. The summed E-state index contributed by atoms with van der Waals surface area (Å²) in [5, 5.41) is 1.24. The zero-order chi connectivity index (χ0) is 22.5. The Morgan fingerprint density at radius 3 is 2.50 bits per heavy atom. The van der Waals surface area contributed by atoms with Gasteiger partial charge in [-0.1, -0.05) is 59.8 Å². The van der Waals surface area contributed by atoms with Crippen LogP contribution in [0.1, 0.15) is 25.0 Å². The first-order chi connectivity index (χ1) is 15.5.